The number of allylic oxidation sites excluding steroid dienone is 4. The highest BCUT2D eigenvalue weighted by Crippen LogP contribution is 2.57. The maximum atomic E-state index is 9.26. The number of aliphatic hydroxyl groups is 1. The largest absolute Gasteiger partial charge is 0.396 e. The van der Waals surface area contributed by atoms with E-state index < -0.39 is 0 Å². The molecule has 2 atom stereocenters. The molecule has 1 fully saturated rings. The second-order valence-corrected chi connectivity index (χ2v) is 6.08. The van der Waals surface area contributed by atoms with Crippen LogP contribution in [0.25, 0.3) is 0 Å². The summed E-state index contributed by atoms with van der Waals surface area (Å²) in [6, 6.07) is 0. The van der Waals surface area contributed by atoms with Crippen LogP contribution in [0.5, 0.6) is 0 Å². The lowest BCUT2D eigenvalue weighted by Gasteiger charge is -2.26. The number of hydrogen-bond donors (Lipinski definition) is 1. The summed E-state index contributed by atoms with van der Waals surface area (Å²) in [7, 11) is 0. The predicted octanol–water partition coefficient (Wildman–Crippen LogP) is 3.31. The quantitative estimate of drug-likeness (QED) is 0.751. The van der Waals surface area contributed by atoms with Crippen LogP contribution in [-0.2, 0) is 0 Å². The Kier molecular flexibility index (Phi) is 2.34. The van der Waals surface area contributed by atoms with E-state index in [1.165, 1.54) is 12.0 Å². The summed E-state index contributed by atoms with van der Waals surface area (Å²) in [4.78, 5) is 0. The lowest BCUT2D eigenvalue weighted by molar-refractivity contribution is 0.211. The maximum Gasteiger partial charge on any atom is 0.0487 e. The molecule has 0 spiro atoms. The van der Waals surface area contributed by atoms with Gasteiger partial charge in [0.05, 0.1) is 0 Å². The van der Waals surface area contributed by atoms with Gasteiger partial charge in [-0.25, -0.2) is 0 Å². The standard InChI is InChI=1S/C14H22O/c1-10-5-6-11(13(10,2)3)7-12-8-14(12,4)9-15/h5-6,12,15H,7-9H2,1-4H3/t12-,14+/m1/s1. The molecule has 2 aliphatic rings. The van der Waals surface area contributed by atoms with Crippen molar-refractivity contribution in [1.82, 2.24) is 0 Å². The summed E-state index contributed by atoms with van der Waals surface area (Å²) < 4.78 is 0. The molecule has 1 N–H and O–H groups in total. The molecule has 0 amide bonds. The molecule has 1 nitrogen and oxygen atoms in total. The van der Waals surface area contributed by atoms with Gasteiger partial charge < -0.3 is 5.11 Å². The Morgan fingerprint density at radius 2 is 2.00 bits per heavy atom. The molecular formula is C14H22O. The first kappa shape index (κ1) is 10.9. The minimum Gasteiger partial charge on any atom is -0.396 e. The van der Waals surface area contributed by atoms with Crippen molar-refractivity contribution in [2.24, 2.45) is 16.7 Å². The van der Waals surface area contributed by atoms with Crippen LogP contribution >= 0.6 is 0 Å². The summed E-state index contributed by atoms with van der Waals surface area (Å²) in [5.41, 5.74) is 3.47. The molecule has 0 aromatic heterocycles. The molecule has 1 saturated carbocycles. The van der Waals surface area contributed by atoms with Crippen molar-refractivity contribution in [1.29, 1.82) is 0 Å². The first-order valence-electron chi connectivity index (χ1n) is 5.89. The van der Waals surface area contributed by atoms with E-state index >= 15 is 0 Å². The van der Waals surface area contributed by atoms with Crippen LogP contribution in [-0.4, -0.2) is 11.7 Å². The third kappa shape index (κ3) is 1.67. The smallest absolute Gasteiger partial charge is 0.0487 e. The van der Waals surface area contributed by atoms with Crippen LogP contribution in [0.4, 0.5) is 0 Å². The van der Waals surface area contributed by atoms with E-state index in [9.17, 15) is 5.11 Å². The van der Waals surface area contributed by atoms with Crippen molar-refractivity contribution in [3.8, 4) is 0 Å². The van der Waals surface area contributed by atoms with E-state index in [0.29, 0.717) is 12.5 Å². The molecule has 0 aromatic rings. The normalized spacial score (nSPS) is 37.5. The lowest BCUT2D eigenvalue weighted by atomic mass is 9.79. The molecule has 0 aliphatic heterocycles. The Hall–Kier alpha value is -0.560. The second-order valence-electron chi connectivity index (χ2n) is 6.08. The van der Waals surface area contributed by atoms with Crippen LogP contribution in [0.15, 0.2) is 23.3 Å². The van der Waals surface area contributed by atoms with E-state index in [-0.39, 0.29) is 10.8 Å². The second kappa shape index (κ2) is 3.21. The van der Waals surface area contributed by atoms with Gasteiger partial charge in [0, 0.05) is 12.0 Å². The monoisotopic (exact) mass is 206 g/mol. The van der Waals surface area contributed by atoms with Gasteiger partial charge in [-0.3, -0.25) is 0 Å². The molecule has 0 saturated heterocycles. The zero-order valence-electron chi connectivity index (χ0n) is 10.3. The van der Waals surface area contributed by atoms with Gasteiger partial charge in [-0.1, -0.05) is 44.1 Å². The summed E-state index contributed by atoms with van der Waals surface area (Å²) in [5, 5.41) is 9.26. The van der Waals surface area contributed by atoms with Crippen LogP contribution in [0.3, 0.4) is 0 Å². The summed E-state index contributed by atoms with van der Waals surface area (Å²) >= 11 is 0. The van der Waals surface area contributed by atoms with E-state index in [0.717, 1.165) is 6.42 Å². The fourth-order valence-corrected chi connectivity index (χ4v) is 2.50. The number of hydrogen-bond acceptors (Lipinski definition) is 1. The maximum absolute atomic E-state index is 9.26. The molecule has 0 radical (unpaired) electrons. The summed E-state index contributed by atoms with van der Waals surface area (Å²) in [6.07, 6.45) is 6.88. The molecule has 0 aromatic carbocycles. The molecule has 0 heterocycles. The van der Waals surface area contributed by atoms with E-state index in [1.807, 2.05) is 0 Å². The Labute approximate surface area is 92.9 Å². The van der Waals surface area contributed by atoms with Crippen LogP contribution in [0.2, 0.25) is 0 Å². The highest BCUT2D eigenvalue weighted by molar-refractivity contribution is 5.38. The topological polar surface area (TPSA) is 20.2 Å². The van der Waals surface area contributed by atoms with Gasteiger partial charge in [-0.05, 0) is 31.1 Å². The first-order valence-corrected chi connectivity index (χ1v) is 5.89. The molecule has 84 valence electrons. The SMILES string of the molecule is CC1=CC=C(C[C@@H]2C[C@@]2(C)CO)C1(C)C. The molecule has 1 heteroatoms. The third-order valence-electron chi connectivity index (χ3n) is 4.69. The van der Waals surface area contributed by atoms with Gasteiger partial charge in [0.1, 0.15) is 0 Å². The van der Waals surface area contributed by atoms with Gasteiger partial charge in [0.2, 0.25) is 0 Å². The van der Waals surface area contributed by atoms with Gasteiger partial charge >= 0.3 is 0 Å². The van der Waals surface area contributed by atoms with Crippen LogP contribution in [0.1, 0.15) is 40.5 Å². The van der Waals surface area contributed by atoms with Gasteiger partial charge in [0.25, 0.3) is 0 Å². The van der Waals surface area contributed by atoms with Crippen LogP contribution in [0, 0.1) is 16.7 Å². The van der Waals surface area contributed by atoms with Crippen molar-refractivity contribution in [3.63, 3.8) is 0 Å². The third-order valence-corrected chi connectivity index (χ3v) is 4.69. The van der Waals surface area contributed by atoms with E-state index in [1.54, 1.807) is 5.57 Å². The van der Waals surface area contributed by atoms with Gasteiger partial charge in [-0.15, -0.1) is 0 Å². The molecule has 15 heavy (non-hydrogen) atoms. The molecular weight excluding hydrogens is 184 g/mol. The highest BCUT2D eigenvalue weighted by Gasteiger charge is 2.50. The van der Waals surface area contributed by atoms with Gasteiger partial charge in [-0.2, -0.15) is 0 Å². The molecule has 2 aliphatic carbocycles. The Morgan fingerprint density at radius 3 is 2.40 bits per heavy atom. The van der Waals surface area contributed by atoms with Crippen molar-refractivity contribution < 1.29 is 5.11 Å². The number of rotatable bonds is 3. The Bertz CT molecular complexity index is 335. The molecule has 2 rings (SSSR count). The number of aliphatic hydroxyl groups excluding tert-OH is 1. The van der Waals surface area contributed by atoms with E-state index in [4.69, 9.17) is 0 Å². The highest BCUT2D eigenvalue weighted by atomic mass is 16.3. The van der Waals surface area contributed by atoms with Crippen molar-refractivity contribution >= 4 is 0 Å². The molecule has 0 unspecified atom stereocenters. The van der Waals surface area contributed by atoms with Gasteiger partial charge in [0.15, 0.2) is 0 Å². The van der Waals surface area contributed by atoms with E-state index in [2.05, 4.69) is 39.8 Å². The zero-order valence-corrected chi connectivity index (χ0v) is 10.3. The predicted molar refractivity (Wildman–Crippen MR) is 63.5 cm³/mol. The average Bonchev–Trinajstić information content (AvgIpc) is 2.76. The molecule has 0 bridgehead atoms. The minimum absolute atomic E-state index is 0.216. The Morgan fingerprint density at radius 1 is 1.33 bits per heavy atom. The lowest BCUT2D eigenvalue weighted by Crippen LogP contribution is -2.15. The minimum atomic E-state index is 0.216. The summed E-state index contributed by atoms with van der Waals surface area (Å²) in [5.74, 6) is 0.701. The van der Waals surface area contributed by atoms with Crippen molar-refractivity contribution in [3.05, 3.63) is 23.3 Å². The average molecular weight is 206 g/mol. The summed E-state index contributed by atoms with van der Waals surface area (Å²) in [6.45, 7) is 9.35. The zero-order chi connectivity index (χ0) is 11.3. The first-order chi connectivity index (χ1) is 6.90. The Balaban J connectivity index is 2.00. The fraction of sp³-hybridized carbons (Fsp3) is 0.714. The van der Waals surface area contributed by atoms with Crippen LogP contribution < -0.4 is 0 Å². The van der Waals surface area contributed by atoms with Crippen molar-refractivity contribution in [2.75, 3.05) is 6.61 Å². The fourth-order valence-electron chi connectivity index (χ4n) is 2.50. The van der Waals surface area contributed by atoms with Crippen molar-refractivity contribution in [2.45, 2.75) is 40.5 Å².